The summed E-state index contributed by atoms with van der Waals surface area (Å²) in [5.74, 6) is -0.394. The zero-order chi connectivity index (χ0) is 26.2. The average molecular weight is 563 g/mol. The van der Waals surface area contributed by atoms with Gasteiger partial charge >= 0.3 is 12.0 Å². The molecule has 0 spiro atoms. The minimum absolute atomic E-state index is 0.275. The molecule has 0 unspecified atom stereocenters. The number of thiophene rings is 2. The molecule has 0 atom stereocenters. The number of aromatic nitrogens is 1. The lowest BCUT2D eigenvalue weighted by Gasteiger charge is -2.25. The predicted molar refractivity (Wildman–Crippen MR) is 145 cm³/mol. The Morgan fingerprint density at radius 3 is 2.54 bits per heavy atom. The normalized spacial score (nSPS) is 15.6. The van der Waals surface area contributed by atoms with Gasteiger partial charge in [-0.3, -0.25) is 5.32 Å². The van der Waals surface area contributed by atoms with E-state index in [-0.39, 0.29) is 13.2 Å². The molecule has 3 aromatic rings. The third-order valence-corrected chi connectivity index (χ3v) is 10.5. The fraction of sp³-hybridized carbons (Fsp3) is 0.440. The fourth-order valence-corrected chi connectivity index (χ4v) is 8.45. The minimum Gasteiger partial charge on any atom is -0.462 e. The number of amides is 2. The number of hydrogen-bond donors (Lipinski definition) is 2. The number of esters is 1. The van der Waals surface area contributed by atoms with E-state index in [1.807, 2.05) is 29.1 Å². The second-order valence-corrected chi connectivity index (χ2v) is 13.3. The number of urea groups is 1. The number of carbonyl (C=O) groups excluding carboxylic acids is 2. The Kier molecular flexibility index (Phi) is 7.44. The van der Waals surface area contributed by atoms with Crippen molar-refractivity contribution in [3.8, 4) is 5.00 Å². The van der Waals surface area contributed by atoms with Crippen LogP contribution >= 0.6 is 22.7 Å². The standard InChI is InChI=1S/C25H30N4O5S3/c1-3-34-24(30)21-17-8-4-5-9-19(17)35-22(21)27-25(31)26-14-18-16-10-13-29(37(2,32)33)15-20(16)36-23(18)28-11-6-7-12-28/h6-7,11-12H,3-5,8-10,13-15H2,1-2H3,(H2,26,27,31). The highest BCUT2D eigenvalue weighted by Gasteiger charge is 2.30. The Morgan fingerprint density at radius 2 is 1.81 bits per heavy atom. The highest BCUT2D eigenvalue weighted by molar-refractivity contribution is 7.88. The Morgan fingerprint density at radius 1 is 1.05 bits per heavy atom. The van der Waals surface area contributed by atoms with E-state index in [4.69, 9.17) is 4.74 Å². The molecule has 2 aliphatic rings. The first-order valence-electron chi connectivity index (χ1n) is 12.3. The van der Waals surface area contributed by atoms with Crippen molar-refractivity contribution in [3.63, 3.8) is 0 Å². The summed E-state index contributed by atoms with van der Waals surface area (Å²) in [7, 11) is -3.29. The number of fused-ring (bicyclic) bond motifs is 2. The summed E-state index contributed by atoms with van der Waals surface area (Å²) in [5, 5.41) is 7.37. The van der Waals surface area contributed by atoms with E-state index in [9.17, 15) is 18.0 Å². The predicted octanol–water partition coefficient (Wildman–Crippen LogP) is 4.30. The van der Waals surface area contributed by atoms with Crippen LogP contribution in [0.2, 0.25) is 0 Å². The van der Waals surface area contributed by atoms with E-state index in [2.05, 4.69) is 10.6 Å². The number of carbonyl (C=O) groups is 2. The van der Waals surface area contributed by atoms with Gasteiger partial charge in [-0.2, -0.15) is 4.31 Å². The first kappa shape index (κ1) is 26.0. The molecule has 198 valence electrons. The highest BCUT2D eigenvalue weighted by atomic mass is 32.2. The van der Waals surface area contributed by atoms with Crippen molar-refractivity contribution in [1.29, 1.82) is 0 Å². The quantitative estimate of drug-likeness (QED) is 0.418. The summed E-state index contributed by atoms with van der Waals surface area (Å²) in [6, 6.07) is 3.47. The number of ether oxygens (including phenoxy) is 1. The molecule has 3 aromatic heterocycles. The van der Waals surface area contributed by atoms with Crippen LogP contribution in [0.1, 0.15) is 56.6 Å². The summed E-state index contributed by atoms with van der Waals surface area (Å²) in [6.07, 6.45) is 9.51. The number of anilines is 1. The lowest BCUT2D eigenvalue weighted by Crippen LogP contribution is -2.35. The van der Waals surface area contributed by atoms with Gasteiger partial charge in [-0.05, 0) is 62.3 Å². The summed E-state index contributed by atoms with van der Waals surface area (Å²) in [4.78, 5) is 27.9. The maximum atomic E-state index is 13.0. The molecule has 0 fully saturated rings. The van der Waals surface area contributed by atoms with Crippen LogP contribution in [0.25, 0.3) is 5.00 Å². The summed E-state index contributed by atoms with van der Waals surface area (Å²) in [6.45, 7) is 3.08. The van der Waals surface area contributed by atoms with Crippen molar-refractivity contribution < 1.29 is 22.7 Å². The molecule has 0 radical (unpaired) electrons. The summed E-state index contributed by atoms with van der Waals surface area (Å²) in [5.41, 5.74) is 3.56. The van der Waals surface area contributed by atoms with Crippen molar-refractivity contribution in [2.75, 3.05) is 24.7 Å². The minimum atomic E-state index is -3.29. The lowest BCUT2D eigenvalue weighted by atomic mass is 9.95. The number of rotatable bonds is 7. The molecule has 0 saturated heterocycles. The van der Waals surface area contributed by atoms with Crippen LogP contribution in [0.3, 0.4) is 0 Å². The third kappa shape index (κ3) is 5.33. The van der Waals surface area contributed by atoms with Crippen LogP contribution in [-0.2, 0) is 47.1 Å². The molecular formula is C25H30N4O5S3. The third-order valence-electron chi connectivity index (χ3n) is 6.72. The second kappa shape index (κ2) is 10.6. The van der Waals surface area contributed by atoms with E-state index >= 15 is 0 Å². The zero-order valence-corrected chi connectivity index (χ0v) is 23.3. The van der Waals surface area contributed by atoms with Crippen LogP contribution in [0.4, 0.5) is 9.80 Å². The van der Waals surface area contributed by atoms with Gasteiger partial charge in [0.1, 0.15) is 10.0 Å². The zero-order valence-electron chi connectivity index (χ0n) is 20.8. The Hall–Kier alpha value is -2.67. The van der Waals surface area contributed by atoms with Crippen LogP contribution in [0, 0.1) is 0 Å². The van der Waals surface area contributed by atoms with Gasteiger partial charge in [0.05, 0.1) is 18.4 Å². The van der Waals surface area contributed by atoms with Crippen molar-refractivity contribution in [1.82, 2.24) is 14.2 Å². The summed E-state index contributed by atoms with van der Waals surface area (Å²) >= 11 is 3.01. The van der Waals surface area contributed by atoms with Crippen LogP contribution in [0.5, 0.6) is 0 Å². The molecule has 0 bridgehead atoms. The molecule has 12 heteroatoms. The van der Waals surface area contributed by atoms with Gasteiger partial charge in [0.15, 0.2) is 0 Å². The topological polar surface area (TPSA) is 110 Å². The largest absolute Gasteiger partial charge is 0.462 e. The van der Waals surface area contributed by atoms with Crippen molar-refractivity contribution in [3.05, 3.63) is 56.5 Å². The van der Waals surface area contributed by atoms with E-state index in [1.54, 1.807) is 18.3 Å². The van der Waals surface area contributed by atoms with E-state index < -0.39 is 22.0 Å². The van der Waals surface area contributed by atoms with Crippen LogP contribution in [-0.4, -0.2) is 48.7 Å². The second-order valence-electron chi connectivity index (χ2n) is 9.17. The van der Waals surface area contributed by atoms with Gasteiger partial charge in [0.25, 0.3) is 0 Å². The first-order valence-corrected chi connectivity index (χ1v) is 15.8. The van der Waals surface area contributed by atoms with Crippen molar-refractivity contribution >= 4 is 49.7 Å². The Bertz CT molecular complexity index is 1420. The molecule has 0 saturated carbocycles. The van der Waals surface area contributed by atoms with Gasteiger partial charge in [-0.25, -0.2) is 18.0 Å². The van der Waals surface area contributed by atoms with Crippen LogP contribution < -0.4 is 10.6 Å². The Labute approximate surface area is 224 Å². The van der Waals surface area contributed by atoms with Gasteiger partial charge in [0, 0.05) is 47.3 Å². The number of hydrogen-bond acceptors (Lipinski definition) is 7. The van der Waals surface area contributed by atoms with E-state index in [0.717, 1.165) is 57.1 Å². The van der Waals surface area contributed by atoms with E-state index in [1.165, 1.54) is 21.9 Å². The highest BCUT2D eigenvalue weighted by Crippen LogP contribution is 2.39. The molecule has 37 heavy (non-hydrogen) atoms. The molecule has 0 aromatic carbocycles. The number of sulfonamides is 1. The smallest absolute Gasteiger partial charge is 0.341 e. The fourth-order valence-electron chi connectivity index (χ4n) is 4.96. The molecule has 2 N–H and O–H groups in total. The van der Waals surface area contributed by atoms with Gasteiger partial charge < -0.3 is 14.6 Å². The van der Waals surface area contributed by atoms with Crippen LogP contribution in [0.15, 0.2) is 24.5 Å². The maximum Gasteiger partial charge on any atom is 0.341 e. The molecule has 5 rings (SSSR count). The molecule has 9 nitrogen and oxygen atoms in total. The molecular weight excluding hydrogens is 532 g/mol. The average Bonchev–Trinajstić information content (AvgIpc) is 3.58. The maximum absolute atomic E-state index is 13.0. The van der Waals surface area contributed by atoms with Gasteiger partial charge in [0.2, 0.25) is 10.0 Å². The number of aryl methyl sites for hydroxylation is 1. The van der Waals surface area contributed by atoms with Crippen molar-refractivity contribution in [2.45, 2.75) is 52.1 Å². The molecule has 1 aliphatic carbocycles. The van der Waals surface area contributed by atoms with E-state index in [0.29, 0.717) is 30.1 Å². The molecule has 2 amide bonds. The SMILES string of the molecule is CCOC(=O)c1c(NC(=O)NCc2c(-n3cccc3)sc3c2CCN(S(C)(=O)=O)C3)sc2c1CCCC2. The number of nitrogens with one attached hydrogen (secondary N) is 2. The molecule has 4 heterocycles. The summed E-state index contributed by atoms with van der Waals surface area (Å²) < 4.78 is 33.0. The Balaban J connectivity index is 1.37. The van der Waals surface area contributed by atoms with Crippen molar-refractivity contribution in [2.24, 2.45) is 0 Å². The van der Waals surface area contributed by atoms with Gasteiger partial charge in [-0.1, -0.05) is 0 Å². The monoisotopic (exact) mass is 562 g/mol. The first-order chi connectivity index (χ1) is 17.8. The molecule has 1 aliphatic heterocycles. The number of nitrogens with zero attached hydrogens (tertiary/aromatic N) is 2. The lowest BCUT2D eigenvalue weighted by molar-refractivity contribution is 0.0526. The van der Waals surface area contributed by atoms with Gasteiger partial charge in [-0.15, -0.1) is 22.7 Å².